The number of carbonyl (C=O) groups excluding carboxylic acids is 1. The van der Waals surface area contributed by atoms with Gasteiger partial charge in [-0.3, -0.25) is 4.79 Å². The molecule has 0 spiro atoms. The van der Waals surface area contributed by atoms with Crippen molar-refractivity contribution < 1.29 is 13.6 Å². The fraction of sp³-hybridized carbons (Fsp3) is 0. The predicted molar refractivity (Wildman–Crippen MR) is 43.8 cm³/mol. The van der Waals surface area contributed by atoms with Crippen LogP contribution in [0, 0.1) is 11.6 Å². The lowest BCUT2D eigenvalue weighted by Crippen LogP contribution is -1.98. The van der Waals surface area contributed by atoms with Crippen molar-refractivity contribution in [3.05, 3.63) is 35.4 Å². The van der Waals surface area contributed by atoms with Crippen molar-refractivity contribution in [2.45, 2.75) is 0 Å². The second-order valence-corrected chi connectivity index (χ2v) is 2.21. The first kappa shape index (κ1) is 11.3. The molecule has 0 heterocycles. The Balaban J connectivity index is 0.00000121. The maximum absolute atomic E-state index is 12.6. The second-order valence-electron chi connectivity index (χ2n) is 1.87. The molecular formula is C7H4Cl2F2O. The summed E-state index contributed by atoms with van der Waals surface area (Å²) in [7, 11) is 0. The van der Waals surface area contributed by atoms with Crippen molar-refractivity contribution >= 4 is 29.3 Å². The standard InChI is InChI=1S/C7H3ClF2O.ClH/c8-7(11)6-4(9)2-1-3-5(6)10;/h1-3H;1H. The molecule has 0 aliphatic heterocycles. The summed E-state index contributed by atoms with van der Waals surface area (Å²) in [4.78, 5) is 10.4. The minimum atomic E-state index is -1.12. The fourth-order valence-electron chi connectivity index (χ4n) is 0.686. The molecule has 1 aromatic rings. The summed E-state index contributed by atoms with van der Waals surface area (Å²) in [5.74, 6) is -1.88. The van der Waals surface area contributed by atoms with Gasteiger partial charge in [-0.2, -0.15) is 0 Å². The molecule has 0 amide bonds. The highest BCUT2D eigenvalue weighted by Gasteiger charge is 2.13. The summed E-state index contributed by atoms with van der Waals surface area (Å²) < 4.78 is 25.1. The van der Waals surface area contributed by atoms with Crippen molar-refractivity contribution in [2.75, 3.05) is 0 Å². The fourth-order valence-corrected chi connectivity index (χ4v) is 0.866. The van der Waals surface area contributed by atoms with Gasteiger partial charge in [-0.25, -0.2) is 8.78 Å². The van der Waals surface area contributed by atoms with E-state index < -0.39 is 22.4 Å². The Morgan fingerprint density at radius 2 is 1.67 bits per heavy atom. The van der Waals surface area contributed by atoms with E-state index in [1.165, 1.54) is 0 Å². The molecule has 0 saturated heterocycles. The molecule has 0 radical (unpaired) electrons. The molecule has 0 fully saturated rings. The Morgan fingerprint density at radius 3 is 1.92 bits per heavy atom. The molecule has 1 rings (SSSR count). The van der Waals surface area contributed by atoms with E-state index in [1.54, 1.807) is 0 Å². The van der Waals surface area contributed by atoms with Gasteiger partial charge in [-0.05, 0) is 23.7 Å². The van der Waals surface area contributed by atoms with Crippen LogP contribution in [-0.2, 0) is 0 Å². The molecule has 1 aromatic carbocycles. The summed E-state index contributed by atoms with van der Waals surface area (Å²) >= 11 is 4.89. The first-order valence-electron chi connectivity index (χ1n) is 2.77. The van der Waals surface area contributed by atoms with Gasteiger partial charge in [0.25, 0.3) is 5.24 Å². The number of hydrogen-bond acceptors (Lipinski definition) is 1. The minimum absolute atomic E-state index is 0. The zero-order valence-electron chi connectivity index (χ0n) is 5.68. The quantitative estimate of drug-likeness (QED) is 0.655. The molecule has 0 aromatic heterocycles. The highest BCUT2D eigenvalue weighted by Crippen LogP contribution is 2.13. The minimum Gasteiger partial charge on any atom is -0.275 e. The molecule has 66 valence electrons. The van der Waals surface area contributed by atoms with Gasteiger partial charge in [0, 0.05) is 0 Å². The number of benzene rings is 1. The summed E-state index contributed by atoms with van der Waals surface area (Å²) in [5, 5.41) is -1.12. The third-order valence-corrected chi connectivity index (χ3v) is 1.35. The van der Waals surface area contributed by atoms with Gasteiger partial charge in [0.2, 0.25) is 0 Å². The van der Waals surface area contributed by atoms with E-state index >= 15 is 0 Å². The molecule has 0 N–H and O–H groups in total. The van der Waals surface area contributed by atoms with Crippen LogP contribution in [-0.4, -0.2) is 5.24 Å². The van der Waals surface area contributed by atoms with Crippen LogP contribution in [0.5, 0.6) is 0 Å². The second kappa shape index (κ2) is 4.38. The van der Waals surface area contributed by atoms with Crippen LogP contribution in [0.3, 0.4) is 0 Å². The van der Waals surface area contributed by atoms with Crippen LogP contribution in [0.1, 0.15) is 10.4 Å². The van der Waals surface area contributed by atoms with E-state index in [9.17, 15) is 13.6 Å². The Morgan fingerprint density at radius 1 is 1.25 bits per heavy atom. The molecule has 5 heteroatoms. The molecule has 0 bridgehead atoms. The predicted octanol–water partition coefficient (Wildman–Crippen LogP) is 2.77. The van der Waals surface area contributed by atoms with Crippen molar-refractivity contribution in [2.24, 2.45) is 0 Å². The number of halogens is 4. The molecule has 0 aliphatic carbocycles. The lowest BCUT2D eigenvalue weighted by molar-refractivity contribution is 0.107. The molecule has 0 atom stereocenters. The van der Waals surface area contributed by atoms with Gasteiger partial charge in [0.05, 0.1) is 0 Å². The Kier molecular flexibility index (Phi) is 4.13. The molecule has 12 heavy (non-hydrogen) atoms. The zero-order chi connectivity index (χ0) is 8.43. The molecule has 0 aliphatic rings. The number of rotatable bonds is 1. The van der Waals surface area contributed by atoms with Crippen molar-refractivity contribution in [1.29, 1.82) is 0 Å². The summed E-state index contributed by atoms with van der Waals surface area (Å²) in [5.41, 5.74) is -0.700. The Bertz CT molecular complexity index is 281. The van der Waals surface area contributed by atoms with Crippen molar-refractivity contribution in [3.8, 4) is 0 Å². The number of hydrogen-bond donors (Lipinski definition) is 0. The average Bonchev–Trinajstić information content (AvgIpc) is 1.85. The van der Waals surface area contributed by atoms with Gasteiger partial charge in [-0.15, -0.1) is 12.4 Å². The maximum atomic E-state index is 12.6. The monoisotopic (exact) mass is 212 g/mol. The highest BCUT2D eigenvalue weighted by molar-refractivity contribution is 6.67. The average molecular weight is 213 g/mol. The van der Waals surface area contributed by atoms with E-state index in [-0.39, 0.29) is 12.4 Å². The molecule has 0 unspecified atom stereocenters. The summed E-state index contributed by atoms with van der Waals surface area (Å²) in [6, 6.07) is 3.10. The summed E-state index contributed by atoms with van der Waals surface area (Å²) in [6.07, 6.45) is 0. The van der Waals surface area contributed by atoms with Gasteiger partial charge in [0.1, 0.15) is 17.2 Å². The topological polar surface area (TPSA) is 17.1 Å². The Labute approximate surface area is 78.7 Å². The highest BCUT2D eigenvalue weighted by atomic mass is 35.5. The van der Waals surface area contributed by atoms with Crippen LogP contribution in [0.15, 0.2) is 18.2 Å². The normalized spacial score (nSPS) is 8.92. The molecular weight excluding hydrogens is 209 g/mol. The van der Waals surface area contributed by atoms with Gasteiger partial charge in [-0.1, -0.05) is 6.07 Å². The van der Waals surface area contributed by atoms with E-state index in [0.717, 1.165) is 18.2 Å². The lowest BCUT2D eigenvalue weighted by Gasteiger charge is -1.96. The largest absolute Gasteiger partial charge is 0.275 e. The van der Waals surface area contributed by atoms with Crippen LogP contribution in [0.2, 0.25) is 0 Å². The third-order valence-electron chi connectivity index (χ3n) is 1.16. The first-order valence-corrected chi connectivity index (χ1v) is 3.14. The first-order chi connectivity index (χ1) is 5.13. The molecule has 0 saturated carbocycles. The van der Waals surface area contributed by atoms with Crippen LogP contribution in [0.25, 0.3) is 0 Å². The number of carbonyl (C=O) groups is 1. The van der Waals surface area contributed by atoms with Gasteiger partial charge < -0.3 is 0 Å². The Hall–Kier alpha value is -0.670. The maximum Gasteiger partial charge on any atom is 0.258 e. The molecule has 1 nitrogen and oxygen atoms in total. The van der Waals surface area contributed by atoms with E-state index in [0.29, 0.717) is 0 Å². The summed E-state index contributed by atoms with van der Waals surface area (Å²) in [6.45, 7) is 0. The van der Waals surface area contributed by atoms with E-state index in [4.69, 9.17) is 11.6 Å². The van der Waals surface area contributed by atoms with Crippen LogP contribution >= 0.6 is 24.0 Å². The zero-order valence-corrected chi connectivity index (χ0v) is 7.25. The van der Waals surface area contributed by atoms with Gasteiger partial charge in [0.15, 0.2) is 0 Å². The van der Waals surface area contributed by atoms with Gasteiger partial charge >= 0.3 is 0 Å². The van der Waals surface area contributed by atoms with Crippen molar-refractivity contribution in [1.82, 2.24) is 0 Å². The van der Waals surface area contributed by atoms with Crippen molar-refractivity contribution in [3.63, 3.8) is 0 Å². The van der Waals surface area contributed by atoms with E-state index in [2.05, 4.69) is 0 Å². The van der Waals surface area contributed by atoms with Crippen LogP contribution in [0.4, 0.5) is 8.78 Å². The smallest absolute Gasteiger partial charge is 0.258 e. The van der Waals surface area contributed by atoms with Crippen LogP contribution < -0.4 is 0 Å². The lowest BCUT2D eigenvalue weighted by atomic mass is 10.2. The third kappa shape index (κ3) is 2.16. The van der Waals surface area contributed by atoms with E-state index in [1.807, 2.05) is 0 Å². The SMILES string of the molecule is Cl.O=C(Cl)c1c(F)cccc1F.